The van der Waals surface area contributed by atoms with Gasteiger partial charge in [0.05, 0.1) is 13.4 Å². The summed E-state index contributed by atoms with van der Waals surface area (Å²) >= 11 is 9.53. The Hall–Kier alpha value is -1.86. The second kappa shape index (κ2) is 6.33. The Kier molecular flexibility index (Phi) is 4.41. The van der Waals surface area contributed by atoms with Gasteiger partial charge < -0.3 is 14.6 Å². The first-order chi connectivity index (χ1) is 11.0. The lowest BCUT2D eigenvalue weighted by atomic mass is 10.3. The summed E-state index contributed by atoms with van der Waals surface area (Å²) in [6.07, 6.45) is 1.74. The van der Waals surface area contributed by atoms with Crippen molar-refractivity contribution in [3.63, 3.8) is 0 Å². The molecule has 0 aliphatic rings. The molecule has 0 aliphatic heterocycles. The van der Waals surface area contributed by atoms with Crippen LogP contribution < -0.4 is 10.1 Å². The van der Waals surface area contributed by atoms with Crippen molar-refractivity contribution in [2.75, 3.05) is 12.4 Å². The van der Waals surface area contributed by atoms with Gasteiger partial charge in [-0.25, -0.2) is 4.98 Å². The Morgan fingerprint density at radius 3 is 2.74 bits per heavy atom. The molecule has 0 atom stereocenters. The average Bonchev–Trinajstić information content (AvgIpc) is 2.90. The number of anilines is 2. The summed E-state index contributed by atoms with van der Waals surface area (Å²) < 4.78 is 8.12. The van der Waals surface area contributed by atoms with E-state index < -0.39 is 0 Å². The fraction of sp³-hybridized carbons (Fsp3) is 0.267. The third-order valence-electron chi connectivity index (χ3n) is 3.32. The van der Waals surface area contributed by atoms with Crippen molar-refractivity contribution in [3.05, 3.63) is 34.3 Å². The van der Waals surface area contributed by atoms with Crippen molar-refractivity contribution in [1.82, 2.24) is 19.5 Å². The van der Waals surface area contributed by atoms with Crippen LogP contribution in [0, 0.1) is 0 Å². The van der Waals surface area contributed by atoms with E-state index >= 15 is 0 Å². The van der Waals surface area contributed by atoms with Crippen LogP contribution in [0.15, 0.2) is 29.0 Å². The van der Waals surface area contributed by atoms with Crippen LogP contribution in [0.2, 0.25) is 5.28 Å². The summed E-state index contributed by atoms with van der Waals surface area (Å²) in [6, 6.07) is 5.89. The van der Waals surface area contributed by atoms with Crippen molar-refractivity contribution in [3.8, 4) is 5.75 Å². The fourth-order valence-corrected chi connectivity index (χ4v) is 2.88. The molecule has 1 aromatic carbocycles. The zero-order valence-corrected chi connectivity index (χ0v) is 15.2. The molecule has 0 radical (unpaired) electrons. The minimum atomic E-state index is 0.171. The highest BCUT2D eigenvalue weighted by atomic mass is 79.9. The topological polar surface area (TPSA) is 64.9 Å². The first-order valence-corrected chi connectivity index (χ1v) is 8.16. The molecule has 0 amide bonds. The number of nitrogens with zero attached hydrogens (tertiary/aromatic N) is 4. The summed E-state index contributed by atoms with van der Waals surface area (Å²) in [5, 5.41) is 3.40. The smallest absolute Gasteiger partial charge is 0.226 e. The lowest BCUT2D eigenvalue weighted by Gasteiger charge is -2.10. The van der Waals surface area contributed by atoms with Crippen LogP contribution in [0.5, 0.6) is 5.75 Å². The molecule has 0 bridgehead atoms. The molecule has 0 saturated heterocycles. The second-order valence-electron chi connectivity index (χ2n) is 5.26. The van der Waals surface area contributed by atoms with Crippen LogP contribution in [-0.2, 0) is 0 Å². The summed E-state index contributed by atoms with van der Waals surface area (Å²) in [5.74, 6) is 1.28. The van der Waals surface area contributed by atoms with Crippen molar-refractivity contribution < 1.29 is 4.74 Å². The SMILES string of the molecule is COc1cc(Br)cc(Nc2nc(Cl)nc3c2ncn3C(C)C)c1. The van der Waals surface area contributed by atoms with Crippen LogP contribution in [0.25, 0.3) is 11.2 Å². The van der Waals surface area contributed by atoms with Gasteiger partial charge in [-0.05, 0) is 37.6 Å². The van der Waals surface area contributed by atoms with Crippen molar-refractivity contribution >= 4 is 50.2 Å². The van der Waals surface area contributed by atoms with E-state index in [0.29, 0.717) is 17.0 Å². The minimum absolute atomic E-state index is 0.171. The molecular weight excluding hydrogens is 382 g/mol. The van der Waals surface area contributed by atoms with E-state index in [2.05, 4.69) is 50.0 Å². The molecule has 6 nitrogen and oxygen atoms in total. The molecule has 0 saturated carbocycles. The summed E-state index contributed by atoms with van der Waals surface area (Å²) in [5.41, 5.74) is 2.18. The monoisotopic (exact) mass is 395 g/mol. The van der Waals surface area contributed by atoms with Gasteiger partial charge in [-0.3, -0.25) is 0 Å². The highest BCUT2D eigenvalue weighted by molar-refractivity contribution is 9.10. The lowest BCUT2D eigenvalue weighted by Crippen LogP contribution is -2.02. The molecule has 2 heterocycles. The van der Waals surface area contributed by atoms with E-state index in [9.17, 15) is 0 Å². The molecule has 3 aromatic rings. The Morgan fingerprint density at radius 2 is 2.04 bits per heavy atom. The zero-order valence-electron chi connectivity index (χ0n) is 12.8. The molecule has 2 aromatic heterocycles. The zero-order chi connectivity index (χ0) is 16.6. The molecule has 0 unspecified atom stereocenters. The third-order valence-corrected chi connectivity index (χ3v) is 3.95. The lowest BCUT2D eigenvalue weighted by molar-refractivity contribution is 0.415. The Balaban J connectivity index is 2.08. The number of ether oxygens (including phenoxy) is 1. The number of rotatable bonds is 4. The van der Waals surface area contributed by atoms with Gasteiger partial charge >= 0.3 is 0 Å². The maximum Gasteiger partial charge on any atom is 0.226 e. The normalized spacial score (nSPS) is 11.2. The summed E-state index contributed by atoms with van der Waals surface area (Å²) in [4.78, 5) is 13.0. The average molecular weight is 397 g/mol. The molecule has 8 heteroatoms. The van der Waals surface area contributed by atoms with E-state index in [1.54, 1.807) is 13.4 Å². The van der Waals surface area contributed by atoms with Crippen molar-refractivity contribution in [2.45, 2.75) is 19.9 Å². The van der Waals surface area contributed by atoms with E-state index in [4.69, 9.17) is 16.3 Å². The number of methoxy groups -OCH3 is 1. The quantitative estimate of drug-likeness (QED) is 0.654. The van der Waals surface area contributed by atoms with Crippen LogP contribution in [0.1, 0.15) is 19.9 Å². The first-order valence-electron chi connectivity index (χ1n) is 6.99. The number of imidazole rings is 1. The van der Waals surface area contributed by atoms with Gasteiger partial charge in [-0.2, -0.15) is 9.97 Å². The number of nitrogens with one attached hydrogen (secondary N) is 1. The largest absolute Gasteiger partial charge is 0.497 e. The van der Waals surface area contributed by atoms with Gasteiger partial charge in [0, 0.05) is 22.3 Å². The Morgan fingerprint density at radius 1 is 1.26 bits per heavy atom. The van der Waals surface area contributed by atoms with Gasteiger partial charge in [-0.1, -0.05) is 15.9 Å². The molecular formula is C15H15BrClN5O. The van der Waals surface area contributed by atoms with Crippen LogP contribution >= 0.6 is 27.5 Å². The van der Waals surface area contributed by atoms with Gasteiger partial charge in [-0.15, -0.1) is 0 Å². The maximum atomic E-state index is 6.08. The third kappa shape index (κ3) is 3.25. The van der Waals surface area contributed by atoms with E-state index in [0.717, 1.165) is 15.9 Å². The Bertz CT molecular complexity index is 864. The fourth-order valence-electron chi connectivity index (χ4n) is 2.24. The molecule has 23 heavy (non-hydrogen) atoms. The summed E-state index contributed by atoms with van der Waals surface area (Å²) in [7, 11) is 1.62. The Labute approximate surface area is 147 Å². The number of hydrogen-bond donors (Lipinski definition) is 1. The predicted octanol–water partition coefficient (Wildman–Crippen LogP) is 4.58. The maximum absolute atomic E-state index is 6.08. The molecule has 120 valence electrons. The van der Waals surface area contributed by atoms with E-state index in [1.807, 2.05) is 22.8 Å². The number of benzene rings is 1. The first kappa shape index (κ1) is 16.0. The number of fused-ring (bicyclic) bond motifs is 1. The van der Waals surface area contributed by atoms with Crippen LogP contribution in [0.3, 0.4) is 0 Å². The predicted molar refractivity (Wildman–Crippen MR) is 94.7 cm³/mol. The summed E-state index contributed by atoms with van der Waals surface area (Å²) in [6.45, 7) is 4.12. The number of halogens is 2. The van der Waals surface area contributed by atoms with Crippen molar-refractivity contribution in [1.29, 1.82) is 0 Å². The van der Waals surface area contributed by atoms with Crippen LogP contribution in [0.4, 0.5) is 11.5 Å². The molecule has 1 N–H and O–H groups in total. The molecule has 0 aliphatic carbocycles. The van der Waals surface area contributed by atoms with Crippen molar-refractivity contribution in [2.24, 2.45) is 0 Å². The van der Waals surface area contributed by atoms with Gasteiger partial charge in [0.15, 0.2) is 17.0 Å². The molecule has 0 spiro atoms. The van der Waals surface area contributed by atoms with Gasteiger partial charge in [0.25, 0.3) is 0 Å². The van der Waals surface area contributed by atoms with E-state index in [1.165, 1.54) is 0 Å². The highest BCUT2D eigenvalue weighted by Crippen LogP contribution is 2.29. The molecule has 3 rings (SSSR count). The van der Waals surface area contributed by atoms with Gasteiger partial charge in [0.1, 0.15) is 5.75 Å². The number of hydrogen-bond acceptors (Lipinski definition) is 5. The van der Waals surface area contributed by atoms with E-state index in [-0.39, 0.29) is 11.3 Å². The van der Waals surface area contributed by atoms with Crippen LogP contribution in [-0.4, -0.2) is 26.6 Å². The standard InChI is InChI=1S/C15H15BrClN5O/c1-8(2)22-7-18-12-13(20-15(17)21-14(12)22)19-10-4-9(16)5-11(6-10)23-3/h4-8H,1-3H3,(H,19,20,21). The highest BCUT2D eigenvalue weighted by Gasteiger charge is 2.14. The second-order valence-corrected chi connectivity index (χ2v) is 6.52. The number of aromatic nitrogens is 4. The molecule has 0 fully saturated rings. The minimum Gasteiger partial charge on any atom is -0.497 e. The van der Waals surface area contributed by atoms with Gasteiger partial charge in [0.2, 0.25) is 5.28 Å².